The molecule has 0 bridgehead atoms. The smallest absolute Gasteiger partial charge is 0.339 e. The van der Waals surface area contributed by atoms with E-state index in [-0.39, 0.29) is 36.6 Å². The van der Waals surface area contributed by atoms with Gasteiger partial charge in [0, 0.05) is 18.8 Å². The molecule has 12 heteroatoms. The van der Waals surface area contributed by atoms with Crippen LogP contribution in [0.2, 0.25) is 0 Å². The number of urea groups is 1. The van der Waals surface area contributed by atoms with Crippen molar-refractivity contribution in [3.8, 4) is 6.07 Å². The minimum absolute atomic E-state index is 0.0682. The van der Waals surface area contributed by atoms with E-state index in [4.69, 9.17) is 5.26 Å². The standard InChI is InChI=1S/C18H16F4N6O2/c1-10(18(20,21)22)25-16(29)15-14-8-27(4-5-28(14)9-24-15)17(30)26-12-2-3-13(19)11(6-12)7-23/h2-3,6,9-10H,4-5,8H2,1H3,(H,25,29)(H,26,30)/t10-/m1/s1. The largest absolute Gasteiger partial charge is 0.408 e. The van der Waals surface area contributed by atoms with Gasteiger partial charge in [0.2, 0.25) is 0 Å². The number of carbonyl (C=O) groups is 2. The number of nitrogens with zero attached hydrogens (tertiary/aromatic N) is 4. The topological polar surface area (TPSA) is 103 Å². The van der Waals surface area contributed by atoms with Crippen LogP contribution in [0.1, 0.15) is 28.7 Å². The number of imidazole rings is 1. The number of aromatic nitrogens is 2. The number of alkyl halides is 3. The van der Waals surface area contributed by atoms with Crippen molar-refractivity contribution in [3.05, 3.63) is 47.3 Å². The molecule has 0 saturated carbocycles. The molecule has 2 aromatic rings. The second-order valence-electron chi connectivity index (χ2n) is 6.63. The summed E-state index contributed by atoms with van der Waals surface area (Å²) in [4.78, 5) is 30.0. The summed E-state index contributed by atoms with van der Waals surface area (Å²) >= 11 is 0. The Morgan fingerprint density at radius 1 is 1.30 bits per heavy atom. The average molecular weight is 424 g/mol. The third-order valence-electron chi connectivity index (χ3n) is 4.58. The molecule has 0 aliphatic carbocycles. The van der Waals surface area contributed by atoms with E-state index in [2.05, 4.69) is 10.3 Å². The number of rotatable bonds is 3. The molecular weight excluding hydrogens is 408 g/mol. The van der Waals surface area contributed by atoms with Gasteiger partial charge in [0.25, 0.3) is 5.91 Å². The first-order valence-corrected chi connectivity index (χ1v) is 8.77. The lowest BCUT2D eigenvalue weighted by atomic mass is 10.2. The fourth-order valence-electron chi connectivity index (χ4n) is 2.86. The van der Waals surface area contributed by atoms with E-state index in [0.29, 0.717) is 5.69 Å². The Morgan fingerprint density at radius 2 is 2.03 bits per heavy atom. The average Bonchev–Trinajstić information content (AvgIpc) is 3.11. The number of fused-ring (bicyclic) bond motifs is 1. The van der Waals surface area contributed by atoms with Gasteiger partial charge in [0.15, 0.2) is 5.69 Å². The molecule has 30 heavy (non-hydrogen) atoms. The molecule has 1 aromatic carbocycles. The molecule has 0 radical (unpaired) electrons. The van der Waals surface area contributed by atoms with Gasteiger partial charge in [-0.1, -0.05) is 0 Å². The molecule has 1 aliphatic rings. The number of nitrogens with one attached hydrogen (secondary N) is 2. The molecular formula is C18H16F4N6O2. The van der Waals surface area contributed by atoms with Crippen molar-refractivity contribution < 1.29 is 27.2 Å². The highest BCUT2D eigenvalue weighted by Gasteiger charge is 2.38. The normalized spacial score (nSPS) is 14.5. The fourth-order valence-corrected chi connectivity index (χ4v) is 2.86. The van der Waals surface area contributed by atoms with Crippen LogP contribution in [0.4, 0.5) is 28.0 Å². The molecule has 3 rings (SSSR count). The quantitative estimate of drug-likeness (QED) is 0.740. The molecule has 8 nitrogen and oxygen atoms in total. The molecule has 3 amide bonds. The molecule has 2 heterocycles. The zero-order valence-electron chi connectivity index (χ0n) is 15.6. The summed E-state index contributed by atoms with van der Waals surface area (Å²) in [7, 11) is 0. The SMILES string of the molecule is C[C@@H](NC(=O)c1ncn2c1CN(C(=O)Nc1ccc(F)c(C#N)c1)CC2)C(F)(F)F. The zero-order chi connectivity index (χ0) is 22.1. The first-order chi connectivity index (χ1) is 14.1. The second kappa shape index (κ2) is 8.02. The summed E-state index contributed by atoms with van der Waals surface area (Å²) in [5.74, 6) is -1.71. The fraction of sp³-hybridized carbons (Fsp3) is 0.333. The van der Waals surface area contributed by atoms with Crippen LogP contribution in [0.15, 0.2) is 24.5 Å². The predicted molar refractivity (Wildman–Crippen MR) is 95.8 cm³/mol. The van der Waals surface area contributed by atoms with Crippen molar-refractivity contribution in [1.82, 2.24) is 19.8 Å². The number of benzene rings is 1. The maximum absolute atomic E-state index is 13.4. The Labute approximate surface area is 168 Å². The lowest BCUT2D eigenvalue weighted by Crippen LogP contribution is -2.44. The number of halogens is 4. The molecule has 1 aliphatic heterocycles. The third-order valence-corrected chi connectivity index (χ3v) is 4.58. The van der Waals surface area contributed by atoms with E-state index in [1.165, 1.54) is 23.4 Å². The Balaban J connectivity index is 1.72. The zero-order valence-corrected chi connectivity index (χ0v) is 15.6. The molecule has 0 fully saturated rings. The van der Waals surface area contributed by atoms with Gasteiger partial charge in [0.1, 0.15) is 17.9 Å². The summed E-state index contributed by atoms with van der Waals surface area (Å²) in [6.45, 7) is 1.28. The first-order valence-electron chi connectivity index (χ1n) is 8.77. The van der Waals surface area contributed by atoms with Crippen molar-refractivity contribution in [2.24, 2.45) is 0 Å². The van der Waals surface area contributed by atoms with E-state index in [1.807, 2.05) is 5.32 Å². The van der Waals surface area contributed by atoms with Gasteiger partial charge < -0.3 is 20.1 Å². The molecule has 0 saturated heterocycles. The van der Waals surface area contributed by atoms with E-state index in [0.717, 1.165) is 13.0 Å². The van der Waals surface area contributed by atoms with Crippen LogP contribution in [0.25, 0.3) is 0 Å². The monoisotopic (exact) mass is 424 g/mol. The van der Waals surface area contributed by atoms with Gasteiger partial charge >= 0.3 is 12.2 Å². The molecule has 0 spiro atoms. The van der Waals surface area contributed by atoms with E-state index >= 15 is 0 Å². The molecule has 2 N–H and O–H groups in total. The van der Waals surface area contributed by atoms with Crippen LogP contribution in [0.3, 0.4) is 0 Å². The highest BCUT2D eigenvalue weighted by Crippen LogP contribution is 2.22. The summed E-state index contributed by atoms with van der Waals surface area (Å²) in [5, 5.41) is 13.3. The maximum Gasteiger partial charge on any atom is 0.408 e. The predicted octanol–water partition coefficient (Wildman–Crippen LogP) is 2.62. The highest BCUT2D eigenvalue weighted by molar-refractivity contribution is 5.94. The number of nitriles is 1. The molecule has 0 unspecified atom stereocenters. The number of carbonyl (C=O) groups excluding carboxylic acids is 2. The van der Waals surface area contributed by atoms with E-state index < -0.39 is 30.0 Å². The van der Waals surface area contributed by atoms with Gasteiger partial charge in [-0.25, -0.2) is 14.2 Å². The summed E-state index contributed by atoms with van der Waals surface area (Å²) in [5.41, 5.74) is 0.0634. The van der Waals surface area contributed by atoms with Gasteiger partial charge in [-0.2, -0.15) is 18.4 Å². The van der Waals surface area contributed by atoms with Crippen molar-refractivity contribution in [1.29, 1.82) is 5.26 Å². The molecule has 1 aromatic heterocycles. The van der Waals surface area contributed by atoms with E-state index in [9.17, 15) is 27.2 Å². The molecule has 158 valence electrons. The summed E-state index contributed by atoms with van der Waals surface area (Å²) < 4.78 is 53.1. The first kappa shape index (κ1) is 21.1. The summed E-state index contributed by atoms with van der Waals surface area (Å²) in [6, 6.07) is 2.55. The van der Waals surface area contributed by atoms with Crippen molar-refractivity contribution in [3.63, 3.8) is 0 Å². The van der Waals surface area contributed by atoms with Crippen LogP contribution < -0.4 is 10.6 Å². The van der Waals surface area contributed by atoms with Gasteiger partial charge in [-0.15, -0.1) is 0 Å². The van der Waals surface area contributed by atoms with Crippen molar-refractivity contribution >= 4 is 17.6 Å². The second-order valence-corrected chi connectivity index (χ2v) is 6.63. The van der Waals surface area contributed by atoms with Gasteiger partial charge in [-0.05, 0) is 25.1 Å². The lowest BCUT2D eigenvalue weighted by molar-refractivity contribution is -0.149. The number of hydrogen-bond acceptors (Lipinski definition) is 4. The van der Waals surface area contributed by atoms with Crippen LogP contribution in [-0.4, -0.2) is 45.2 Å². The summed E-state index contributed by atoms with van der Waals surface area (Å²) in [6.07, 6.45) is -3.27. The van der Waals surface area contributed by atoms with Gasteiger partial charge in [0.05, 0.1) is 24.1 Å². The Kier molecular flexibility index (Phi) is 5.64. The van der Waals surface area contributed by atoms with E-state index in [1.54, 1.807) is 10.6 Å². The Morgan fingerprint density at radius 3 is 2.70 bits per heavy atom. The van der Waals surface area contributed by atoms with Crippen molar-refractivity contribution in [2.45, 2.75) is 32.2 Å². The third kappa shape index (κ3) is 4.35. The highest BCUT2D eigenvalue weighted by atomic mass is 19.4. The van der Waals surface area contributed by atoms with Crippen LogP contribution in [0.5, 0.6) is 0 Å². The van der Waals surface area contributed by atoms with Gasteiger partial charge in [-0.3, -0.25) is 4.79 Å². The molecule has 1 atom stereocenters. The number of anilines is 1. The number of amides is 3. The van der Waals surface area contributed by atoms with Crippen LogP contribution in [-0.2, 0) is 13.1 Å². The lowest BCUT2D eigenvalue weighted by Gasteiger charge is -2.29. The Bertz CT molecular complexity index is 1030. The minimum Gasteiger partial charge on any atom is -0.339 e. The van der Waals surface area contributed by atoms with Crippen LogP contribution >= 0.6 is 0 Å². The van der Waals surface area contributed by atoms with Crippen molar-refractivity contribution in [2.75, 3.05) is 11.9 Å². The minimum atomic E-state index is -4.60. The Hall–Kier alpha value is -3.62. The maximum atomic E-state index is 13.4. The number of hydrogen-bond donors (Lipinski definition) is 2. The van der Waals surface area contributed by atoms with Crippen LogP contribution in [0, 0.1) is 17.1 Å².